The number of unbranched alkanes of at least 4 members (excludes halogenated alkanes) is 2. The van der Waals surface area contributed by atoms with Crippen molar-refractivity contribution in [2.45, 2.75) is 46.5 Å². The Balaban J connectivity index is 0.00000196. The molecule has 0 spiro atoms. The van der Waals surface area contributed by atoms with E-state index in [1.54, 1.807) is 0 Å². The Morgan fingerprint density at radius 1 is 1.13 bits per heavy atom. The van der Waals surface area contributed by atoms with Crippen LogP contribution in [0.25, 0.3) is 0 Å². The molecule has 0 atom stereocenters. The van der Waals surface area contributed by atoms with Crippen molar-refractivity contribution < 1.29 is 5.48 Å². The van der Waals surface area contributed by atoms with Crippen LogP contribution >= 0.6 is 0 Å². The fraction of sp³-hybridized carbons (Fsp3) is 0.636. The van der Waals surface area contributed by atoms with E-state index in [-0.39, 0.29) is 5.48 Å². The average molecular weight is 211 g/mol. The maximum Gasteiger partial charge on any atom is 0.220 e. The van der Waals surface area contributed by atoms with E-state index < -0.39 is 0 Å². The molecule has 1 rings (SSSR count). The number of hydrogen-bond acceptors (Lipinski definition) is 3. The Bertz CT molecular complexity index is 313. The molecule has 0 aromatic carbocycles. The zero-order valence-electron chi connectivity index (χ0n) is 9.80. The van der Waals surface area contributed by atoms with Gasteiger partial charge in [0.2, 0.25) is 5.95 Å². The van der Waals surface area contributed by atoms with E-state index in [2.05, 4.69) is 23.8 Å². The molecule has 86 valence electrons. The number of hydrogen-bond donors (Lipinski definition) is 1. The number of aromatic nitrogens is 2. The Kier molecular flexibility index (Phi) is 5.86. The van der Waals surface area contributed by atoms with E-state index >= 15 is 0 Å². The van der Waals surface area contributed by atoms with Crippen molar-refractivity contribution in [3.05, 3.63) is 17.0 Å². The van der Waals surface area contributed by atoms with Crippen molar-refractivity contribution >= 4 is 5.95 Å². The molecule has 1 aromatic rings. The highest BCUT2D eigenvalue weighted by Crippen LogP contribution is 2.13. The van der Waals surface area contributed by atoms with Crippen LogP contribution in [0.2, 0.25) is 0 Å². The van der Waals surface area contributed by atoms with Crippen LogP contribution in [0.3, 0.4) is 0 Å². The number of nitrogens with zero attached hydrogens (tertiary/aromatic N) is 2. The molecule has 1 heterocycles. The fourth-order valence-corrected chi connectivity index (χ4v) is 1.50. The van der Waals surface area contributed by atoms with Crippen LogP contribution in [0.4, 0.5) is 5.95 Å². The summed E-state index contributed by atoms with van der Waals surface area (Å²) in [7, 11) is 0. The van der Waals surface area contributed by atoms with Gasteiger partial charge in [-0.2, -0.15) is 0 Å². The van der Waals surface area contributed by atoms with E-state index in [0.717, 1.165) is 17.8 Å². The normalized spacial score (nSPS) is 9.80. The van der Waals surface area contributed by atoms with Crippen molar-refractivity contribution in [1.29, 1.82) is 0 Å². The van der Waals surface area contributed by atoms with Gasteiger partial charge >= 0.3 is 0 Å². The maximum absolute atomic E-state index is 5.61. The SMILES string of the molecule is CCCCCc1nc(N)nc(C)c1C.O. The molecule has 0 radical (unpaired) electrons. The van der Waals surface area contributed by atoms with E-state index in [9.17, 15) is 0 Å². The van der Waals surface area contributed by atoms with Crippen LogP contribution in [0, 0.1) is 13.8 Å². The molecule has 0 amide bonds. The Morgan fingerprint density at radius 3 is 2.40 bits per heavy atom. The predicted molar refractivity (Wildman–Crippen MR) is 62.8 cm³/mol. The average Bonchev–Trinajstić information content (AvgIpc) is 2.13. The fourth-order valence-electron chi connectivity index (χ4n) is 1.50. The van der Waals surface area contributed by atoms with Crippen LogP contribution < -0.4 is 5.73 Å². The first-order chi connectivity index (χ1) is 6.65. The maximum atomic E-state index is 5.61. The van der Waals surface area contributed by atoms with Crippen LogP contribution in [0.15, 0.2) is 0 Å². The largest absolute Gasteiger partial charge is 0.412 e. The number of nitrogen functional groups attached to an aromatic ring is 1. The third kappa shape index (κ3) is 3.83. The first kappa shape index (κ1) is 13.8. The molecule has 4 N–H and O–H groups in total. The molecule has 0 fully saturated rings. The summed E-state index contributed by atoms with van der Waals surface area (Å²) in [6.45, 7) is 6.25. The molecule has 0 aliphatic carbocycles. The van der Waals surface area contributed by atoms with Gasteiger partial charge in [0.25, 0.3) is 0 Å². The highest BCUT2D eigenvalue weighted by molar-refractivity contribution is 5.30. The minimum absolute atomic E-state index is 0. The predicted octanol–water partition coefficient (Wildman–Crippen LogP) is 1.58. The zero-order valence-corrected chi connectivity index (χ0v) is 9.80. The summed E-state index contributed by atoms with van der Waals surface area (Å²) < 4.78 is 0. The highest BCUT2D eigenvalue weighted by atomic mass is 16.0. The monoisotopic (exact) mass is 211 g/mol. The van der Waals surface area contributed by atoms with Gasteiger partial charge < -0.3 is 11.2 Å². The van der Waals surface area contributed by atoms with Crippen LogP contribution in [-0.2, 0) is 6.42 Å². The lowest BCUT2D eigenvalue weighted by Crippen LogP contribution is -2.04. The summed E-state index contributed by atoms with van der Waals surface area (Å²) >= 11 is 0. The van der Waals surface area contributed by atoms with E-state index in [4.69, 9.17) is 5.73 Å². The third-order valence-corrected chi connectivity index (χ3v) is 2.52. The van der Waals surface area contributed by atoms with Gasteiger partial charge in [-0.05, 0) is 32.3 Å². The first-order valence-corrected chi connectivity index (χ1v) is 5.24. The molecule has 0 aliphatic rings. The molecule has 0 unspecified atom stereocenters. The summed E-state index contributed by atoms with van der Waals surface area (Å²) in [6, 6.07) is 0. The lowest BCUT2D eigenvalue weighted by atomic mass is 10.1. The van der Waals surface area contributed by atoms with Gasteiger partial charge in [0.1, 0.15) is 0 Å². The van der Waals surface area contributed by atoms with E-state index in [1.165, 1.54) is 24.8 Å². The second-order valence-electron chi connectivity index (χ2n) is 3.70. The summed E-state index contributed by atoms with van der Waals surface area (Å²) in [5, 5.41) is 0. The van der Waals surface area contributed by atoms with Gasteiger partial charge in [-0.25, -0.2) is 9.97 Å². The first-order valence-electron chi connectivity index (χ1n) is 5.24. The lowest BCUT2D eigenvalue weighted by Gasteiger charge is -2.07. The van der Waals surface area contributed by atoms with Gasteiger partial charge in [-0.3, -0.25) is 0 Å². The highest BCUT2D eigenvalue weighted by Gasteiger charge is 2.05. The molecular weight excluding hydrogens is 190 g/mol. The third-order valence-electron chi connectivity index (χ3n) is 2.52. The summed E-state index contributed by atoms with van der Waals surface area (Å²) in [5.74, 6) is 0.402. The van der Waals surface area contributed by atoms with Crippen molar-refractivity contribution in [2.75, 3.05) is 5.73 Å². The van der Waals surface area contributed by atoms with Gasteiger partial charge in [-0.15, -0.1) is 0 Å². The molecule has 0 saturated heterocycles. The second kappa shape index (κ2) is 6.35. The van der Waals surface area contributed by atoms with Gasteiger partial charge in [-0.1, -0.05) is 19.8 Å². The van der Waals surface area contributed by atoms with Crippen LogP contribution in [-0.4, -0.2) is 15.4 Å². The molecule has 1 aromatic heterocycles. The van der Waals surface area contributed by atoms with Gasteiger partial charge in [0, 0.05) is 11.4 Å². The minimum Gasteiger partial charge on any atom is -0.412 e. The number of nitrogens with two attached hydrogens (primary N) is 1. The summed E-state index contributed by atoms with van der Waals surface area (Å²) in [6.07, 6.45) is 4.70. The van der Waals surface area contributed by atoms with Crippen LogP contribution in [0.1, 0.15) is 43.1 Å². The molecule has 0 aliphatic heterocycles. The lowest BCUT2D eigenvalue weighted by molar-refractivity contribution is 0.702. The number of rotatable bonds is 4. The minimum atomic E-state index is 0. The number of aryl methyl sites for hydroxylation is 2. The quantitative estimate of drug-likeness (QED) is 0.767. The topological polar surface area (TPSA) is 83.3 Å². The Labute approximate surface area is 91.2 Å². The smallest absolute Gasteiger partial charge is 0.220 e. The molecule has 15 heavy (non-hydrogen) atoms. The van der Waals surface area contributed by atoms with Crippen molar-refractivity contribution in [3.63, 3.8) is 0 Å². The molecule has 0 bridgehead atoms. The summed E-state index contributed by atoms with van der Waals surface area (Å²) in [4.78, 5) is 8.40. The van der Waals surface area contributed by atoms with Gasteiger partial charge in [0.05, 0.1) is 0 Å². The Hall–Kier alpha value is -1.16. The summed E-state index contributed by atoms with van der Waals surface area (Å²) in [5.41, 5.74) is 8.92. The van der Waals surface area contributed by atoms with Crippen LogP contribution in [0.5, 0.6) is 0 Å². The zero-order chi connectivity index (χ0) is 10.6. The van der Waals surface area contributed by atoms with E-state index in [1.807, 2.05) is 6.92 Å². The molecule has 4 nitrogen and oxygen atoms in total. The van der Waals surface area contributed by atoms with Crippen molar-refractivity contribution in [1.82, 2.24) is 9.97 Å². The number of anilines is 1. The Morgan fingerprint density at radius 2 is 1.80 bits per heavy atom. The van der Waals surface area contributed by atoms with Gasteiger partial charge in [0.15, 0.2) is 0 Å². The van der Waals surface area contributed by atoms with Crippen molar-refractivity contribution in [3.8, 4) is 0 Å². The second-order valence-corrected chi connectivity index (χ2v) is 3.70. The molecule has 0 saturated carbocycles. The molecular formula is C11H21N3O. The van der Waals surface area contributed by atoms with Crippen molar-refractivity contribution in [2.24, 2.45) is 0 Å². The molecule has 4 heteroatoms. The van der Waals surface area contributed by atoms with E-state index in [0.29, 0.717) is 5.95 Å². The standard InChI is InChI=1S/C11H19N3.H2O/c1-4-5-6-7-10-8(2)9(3)13-11(12)14-10;/h4-7H2,1-3H3,(H2,12,13,14);1H2.